The number of alkyl halides is 2. The number of pyridine rings is 3. The number of methoxy groups -OCH3 is 2. The Bertz CT molecular complexity index is 5770. The molecule has 6 aromatic carbocycles. The molecule has 6 aromatic heterocycles. The van der Waals surface area contributed by atoms with Crippen LogP contribution in [0.1, 0.15) is 201 Å². The van der Waals surface area contributed by atoms with Crippen LogP contribution in [0.15, 0.2) is 205 Å². The van der Waals surface area contributed by atoms with Crippen molar-refractivity contribution in [1.29, 1.82) is 0 Å². The summed E-state index contributed by atoms with van der Waals surface area (Å²) in [5.74, 6) is 2.07. The maximum atomic E-state index is 13.4. The fourth-order valence-electron chi connectivity index (χ4n) is 13.4. The van der Waals surface area contributed by atoms with Gasteiger partial charge in [0.15, 0.2) is 17.5 Å². The predicted molar refractivity (Wildman–Crippen MR) is 551 cm³/mol. The Morgan fingerprint density at radius 3 is 1.03 bits per heavy atom. The summed E-state index contributed by atoms with van der Waals surface area (Å²) in [4.78, 5) is 93.8. The molecule has 128 heavy (non-hydrogen) atoms. The summed E-state index contributed by atoms with van der Waals surface area (Å²) >= 11 is 15.4. The molecular formula is C94H108BBrI5N15O11V-. The van der Waals surface area contributed by atoms with Crippen molar-refractivity contribution in [2.45, 2.75) is 176 Å². The molecule has 0 fully saturated rings. The zero-order valence-electron chi connectivity index (χ0n) is 74.0. The number of hydrogen-bond donors (Lipinski definition) is 3. The van der Waals surface area contributed by atoms with Crippen molar-refractivity contribution in [1.82, 2.24) is 59.2 Å². The first-order valence-electron chi connectivity index (χ1n) is 40.6. The third-order valence-corrected chi connectivity index (χ3v) is 21.0. The number of anilines is 3. The van der Waals surface area contributed by atoms with E-state index in [0.717, 1.165) is 64.0 Å². The van der Waals surface area contributed by atoms with Crippen LogP contribution < -0.4 is 20.2 Å². The van der Waals surface area contributed by atoms with Gasteiger partial charge in [-0.3, -0.25) is 43.5 Å². The van der Waals surface area contributed by atoms with Crippen molar-refractivity contribution in [2.75, 3.05) is 33.3 Å². The van der Waals surface area contributed by atoms with E-state index in [-0.39, 0.29) is 60.1 Å². The molecule has 0 spiro atoms. The van der Waals surface area contributed by atoms with Crippen LogP contribution in [-0.4, -0.2) is 140 Å². The third-order valence-electron chi connectivity index (χ3n) is 20.5. The molecule has 12 aromatic rings. The standard InChI is InChI=1S/C29H29N5O3.C28H27N5O3.C18H16BrN5O.C11H15BO4.C3H7I.C2H5I.C2H5.CH4.3HI.V/c1-18(2)34-17-30-32-26(34)24-7-6-8-25(31-24)33-16-21-10-9-20(15-23(21)27(33)35)19-11-13-22(14-12-19)29(3,4)28(36)37-5;1-17(2)33-16-29-31-25(33)23-6-5-7-24(30-23)32-15-20-9-8-19(14-22(20)26(32)34)18-10-12-21(13-11-18)28(3,4)27(35)36;1-11(2)24-10-20-22-17(24)15-4-3-5-16(21-15)23-9-12-6-7-13(19)8-14(12)18(23)25;1-11(2,10(13)16-3)8-4-6-9(7-5-8)12(14)15;1-3(2)4;1-2-3;1-2;;;;;/h6-15,17-18H,16H2,1-5H3;5-14,16-17H,15H2,1-4H3,(H,35,36);3-8,10-11H,9H2,1-2H3;4-7,14-15H,1-3H3;3H,1-2H3;2H2,1H3;1H2,2H3;1H4;3*1H;/q;;;;;;-1;;;;;+3/p-3. The number of halogens is 6. The molecule has 3 amide bonds. The Kier molecular flexibility index (Phi) is 40.6. The number of fused-ring (bicyclic) bond motifs is 3. The van der Waals surface area contributed by atoms with E-state index in [0.29, 0.717) is 93.8 Å². The van der Waals surface area contributed by atoms with Crippen molar-refractivity contribution >= 4 is 187 Å². The van der Waals surface area contributed by atoms with Crippen LogP contribution in [0.2, 0.25) is 0 Å². The fraction of sp³-hybridized carbons (Fsp3) is 0.319. The van der Waals surface area contributed by atoms with Crippen molar-refractivity contribution in [3.63, 3.8) is 0 Å². The minimum atomic E-state index is -1.49. The Hall–Kier alpha value is -8.29. The number of ether oxygens (including phenoxy) is 2. The van der Waals surface area contributed by atoms with Gasteiger partial charge in [-0.25, -0.2) is 15.0 Å². The average molecular weight is 2400 g/mol. The van der Waals surface area contributed by atoms with Crippen LogP contribution in [-0.2, 0) is 64.7 Å². The molecule has 26 nitrogen and oxygen atoms in total. The summed E-state index contributed by atoms with van der Waals surface area (Å²) in [6, 6.07) is 56.7. The van der Waals surface area contributed by atoms with E-state index >= 15 is 0 Å². The summed E-state index contributed by atoms with van der Waals surface area (Å²) in [5, 5.41) is 52.1. The van der Waals surface area contributed by atoms with Gasteiger partial charge in [0, 0.05) is 43.2 Å². The molecular weight excluding hydrogens is 2290 g/mol. The Morgan fingerprint density at radius 2 is 0.750 bits per heavy atom. The minimum absolute atomic E-state index is 0. The van der Waals surface area contributed by atoms with Crippen molar-refractivity contribution in [2.24, 2.45) is 0 Å². The van der Waals surface area contributed by atoms with E-state index in [4.69, 9.17) is 29.5 Å². The molecule has 0 aliphatic carbocycles. The second kappa shape index (κ2) is 48.7. The van der Waals surface area contributed by atoms with Crippen LogP contribution >= 0.6 is 121 Å². The van der Waals surface area contributed by atoms with Crippen LogP contribution in [0.25, 0.3) is 56.8 Å². The number of amides is 3. The number of esters is 2. The van der Waals surface area contributed by atoms with E-state index in [1.807, 2.05) is 185 Å². The van der Waals surface area contributed by atoms with Gasteiger partial charge in [-0.05, 0) is 209 Å². The summed E-state index contributed by atoms with van der Waals surface area (Å²) in [6.07, 6.45) is 5.07. The molecule has 0 saturated heterocycles. The monoisotopic (exact) mass is 2400 g/mol. The van der Waals surface area contributed by atoms with Gasteiger partial charge in [0.25, 0.3) is 17.7 Å². The topological polar surface area (TPSA) is 322 Å². The molecule has 0 saturated carbocycles. The maximum absolute atomic E-state index is 13.4. The number of aliphatic carboxylic acids is 1. The molecule has 0 unspecified atom stereocenters. The zero-order valence-corrected chi connectivity index (χ0v) is 87.8. The van der Waals surface area contributed by atoms with Gasteiger partial charge in [0.05, 0.1) is 50.1 Å². The van der Waals surface area contributed by atoms with Crippen LogP contribution in [0, 0.1) is 6.92 Å². The number of hydrogen-bond acceptors (Lipinski definition) is 19. The van der Waals surface area contributed by atoms with E-state index in [1.165, 1.54) is 18.6 Å². The molecule has 15 rings (SSSR count). The predicted octanol–water partition coefficient (Wildman–Crippen LogP) is 21.4. The molecule has 3 aliphatic rings. The zero-order chi connectivity index (χ0) is 93.7. The van der Waals surface area contributed by atoms with Crippen molar-refractivity contribution < 1.29 is 58.3 Å². The van der Waals surface area contributed by atoms with Crippen LogP contribution in [0.4, 0.5) is 17.5 Å². The summed E-state index contributed by atoms with van der Waals surface area (Å²) in [5.41, 5.74) is 10.9. The first kappa shape index (κ1) is 107. The van der Waals surface area contributed by atoms with Crippen molar-refractivity contribution in [3.8, 4) is 56.8 Å². The van der Waals surface area contributed by atoms with Gasteiger partial charge in [-0.1, -0.05) is 211 Å². The number of carbonyl (C=O) groups is 6. The number of nitrogens with zero attached hydrogens (tertiary/aromatic N) is 15. The van der Waals surface area contributed by atoms with Gasteiger partial charge < -0.3 is 45.3 Å². The number of carboxylic acids is 1. The normalized spacial score (nSPS) is 12.4. The molecule has 0 bridgehead atoms. The van der Waals surface area contributed by atoms with Gasteiger partial charge in [-0.2, -0.15) is 6.92 Å². The summed E-state index contributed by atoms with van der Waals surface area (Å²) < 4.78 is 18.4. The van der Waals surface area contributed by atoms with Gasteiger partial charge in [0.2, 0.25) is 0 Å². The van der Waals surface area contributed by atoms with Gasteiger partial charge in [-0.15, -0.1) is 30.6 Å². The average Bonchev–Trinajstić information content (AvgIpc) is 1.62. The van der Waals surface area contributed by atoms with E-state index in [1.54, 1.807) is 92.6 Å². The number of carboxylic acid groups (broad SMARTS) is 1. The van der Waals surface area contributed by atoms with E-state index in [2.05, 4.69) is 226 Å². The number of rotatable bonds is 18. The molecule has 3 N–H and O–H groups in total. The molecule has 0 radical (unpaired) electrons. The number of benzene rings is 6. The second-order valence-electron chi connectivity index (χ2n) is 31.6. The SMILES string of the molecule is C.CC(C)I.CC(C)n1cnnc1-c1cccc(N2Cc3ccc(-c4ccc(C(C)(C)C(=O)O)cc4)cc3C2=O)n1.CC(C)n1cnnc1-c1cccc(N2Cc3ccc(Br)cc3C2=O)n1.CCI.COC(=O)C(C)(C)c1ccc(-c2ccc3c(c2)C(=O)N(c2cccc(-c4nncn4C(C)C)n2)C3)cc1.COC(=O)C(C)(C)c1ccc(B(O)O)cc1.[CH2-]C.[I][V]([I])[I]. The van der Waals surface area contributed by atoms with Gasteiger partial charge in [0.1, 0.15) is 53.5 Å². The molecule has 0 atom stereocenters. The van der Waals surface area contributed by atoms with E-state index < -0.39 is 29.3 Å². The Labute approximate surface area is 824 Å². The quantitative estimate of drug-likeness (QED) is 0.0236. The molecule has 9 heterocycles. The van der Waals surface area contributed by atoms with Crippen LogP contribution in [0.3, 0.4) is 0 Å². The molecule has 3 aliphatic heterocycles. The summed E-state index contributed by atoms with van der Waals surface area (Å²) in [7, 11) is 1.25. The molecule has 676 valence electrons. The second-order valence-corrected chi connectivity index (χ2v) is 71.9. The third kappa shape index (κ3) is 26.8. The van der Waals surface area contributed by atoms with Crippen molar-refractivity contribution in [3.05, 3.63) is 262 Å². The summed E-state index contributed by atoms with van der Waals surface area (Å²) in [6.45, 7) is 35.7. The number of aromatic nitrogens is 12. The first-order valence-corrected chi connectivity index (χ1v) is 57.6. The Balaban J connectivity index is 0.000000230. The first-order chi connectivity index (χ1) is 60.2. The van der Waals surface area contributed by atoms with E-state index in [9.17, 15) is 33.9 Å². The molecule has 34 heteroatoms. The Morgan fingerprint density at radius 1 is 0.477 bits per heavy atom. The fourth-order valence-corrected chi connectivity index (χ4v) is 13.8. The van der Waals surface area contributed by atoms with Gasteiger partial charge >= 0.3 is 89.9 Å². The number of carbonyl (C=O) groups excluding carboxylic acids is 5. The van der Waals surface area contributed by atoms with Crippen LogP contribution in [0.5, 0.6) is 0 Å².